The molecule has 0 fully saturated rings. The molecule has 1 N–H and O–H groups in total. The Morgan fingerprint density at radius 3 is 2.71 bits per heavy atom. The van der Waals surface area contributed by atoms with E-state index in [9.17, 15) is 0 Å². The van der Waals surface area contributed by atoms with Gasteiger partial charge in [-0.25, -0.2) is 4.68 Å². The highest BCUT2D eigenvalue weighted by Crippen LogP contribution is 2.35. The molecule has 0 spiro atoms. The van der Waals surface area contributed by atoms with Gasteiger partial charge in [0.15, 0.2) is 0 Å². The average Bonchev–Trinajstić information content (AvgIpc) is 3.10. The molecule has 6 heteroatoms. The lowest BCUT2D eigenvalue weighted by molar-refractivity contribution is 0.404. The topological polar surface area (TPSA) is 52.0 Å². The van der Waals surface area contributed by atoms with E-state index < -0.39 is 0 Å². The third-order valence-electron chi connectivity index (χ3n) is 4.02. The first-order valence-electron chi connectivity index (χ1n) is 7.53. The van der Waals surface area contributed by atoms with E-state index in [0.29, 0.717) is 0 Å². The zero-order valence-corrected chi connectivity index (χ0v) is 15.1. The van der Waals surface area contributed by atoms with Gasteiger partial charge in [-0.1, -0.05) is 30.3 Å². The van der Waals surface area contributed by atoms with Crippen molar-refractivity contribution in [1.82, 2.24) is 14.8 Å². The number of fused-ring (bicyclic) bond motifs is 1. The second kappa shape index (κ2) is 6.27. The van der Waals surface area contributed by atoms with E-state index >= 15 is 0 Å². The van der Waals surface area contributed by atoms with Gasteiger partial charge in [0.25, 0.3) is 0 Å². The van der Waals surface area contributed by atoms with Crippen molar-refractivity contribution in [3.8, 4) is 5.75 Å². The molecule has 0 unspecified atom stereocenters. The summed E-state index contributed by atoms with van der Waals surface area (Å²) in [7, 11) is 1.69. The van der Waals surface area contributed by atoms with Crippen LogP contribution in [-0.4, -0.2) is 21.9 Å². The van der Waals surface area contributed by atoms with Crippen LogP contribution in [0.5, 0.6) is 5.75 Å². The Kier molecular flexibility index (Phi) is 3.97. The van der Waals surface area contributed by atoms with Crippen molar-refractivity contribution in [2.45, 2.75) is 6.04 Å². The second-order valence-corrected chi connectivity index (χ2v) is 6.67. The van der Waals surface area contributed by atoms with E-state index in [1.807, 2.05) is 22.9 Å². The van der Waals surface area contributed by atoms with Crippen LogP contribution in [0.2, 0.25) is 0 Å². The number of hydrogen-bond donors (Lipinski definition) is 1. The Labute approximate surface area is 153 Å². The fourth-order valence-corrected chi connectivity index (χ4v) is 3.22. The summed E-state index contributed by atoms with van der Waals surface area (Å²) in [6, 6.07) is 16.3. The van der Waals surface area contributed by atoms with E-state index in [-0.39, 0.29) is 6.04 Å². The molecule has 0 bridgehead atoms. The Balaban J connectivity index is 1.83. The molecule has 4 rings (SSSR count). The van der Waals surface area contributed by atoms with Crippen LogP contribution in [0.4, 0.5) is 5.95 Å². The van der Waals surface area contributed by atoms with Gasteiger partial charge < -0.3 is 10.1 Å². The number of rotatable bonds is 3. The normalized spacial score (nSPS) is 16.1. The van der Waals surface area contributed by atoms with Gasteiger partial charge in [-0.05, 0) is 52.4 Å². The SMILES string of the molecule is COc1ccccc1[C@H]1C=C(c2ccc(I)cc2)Nc2ncnn21. The molecule has 0 aliphatic carbocycles. The number of halogens is 1. The van der Waals surface area contributed by atoms with Crippen molar-refractivity contribution < 1.29 is 4.74 Å². The number of hydrogen-bond acceptors (Lipinski definition) is 4. The molecule has 120 valence electrons. The number of methoxy groups -OCH3 is 1. The summed E-state index contributed by atoms with van der Waals surface area (Å²) in [4.78, 5) is 4.34. The van der Waals surface area contributed by atoms with Crippen LogP contribution >= 0.6 is 22.6 Å². The van der Waals surface area contributed by atoms with Crippen LogP contribution in [0.1, 0.15) is 17.2 Å². The molecule has 3 aromatic rings. The number of anilines is 1. The van der Waals surface area contributed by atoms with Crippen LogP contribution in [0, 0.1) is 3.57 Å². The monoisotopic (exact) mass is 430 g/mol. The van der Waals surface area contributed by atoms with Crippen molar-refractivity contribution in [2.75, 3.05) is 12.4 Å². The van der Waals surface area contributed by atoms with Gasteiger partial charge in [0.2, 0.25) is 5.95 Å². The highest BCUT2D eigenvalue weighted by atomic mass is 127. The molecule has 1 aromatic heterocycles. The smallest absolute Gasteiger partial charge is 0.226 e. The number of para-hydroxylation sites is 1. The number of nitrogens with one attached hydrogen (secondary N) is 1. The van der Waals surface area contributed by atoms with E-state index in [0.717, 1.165) is 28.5 Å². The number of ether oxygens (including phenoxy) is 1. The number of nitrogens with zero attached hydrogens (tertiary/aromatic N) is 3. The van der Waals surface area contributed by atoms with Crippen molar-refractivity contribution >= 4 is 34.2 Å². The minimum absolute atomic E-state index is 0.0748. The van der Waals surface area contributed by atoms with Gasteiger partial charge in [0, 0.05) is 14.8 Å². The maximum atomic E-state index is 5.53. The zero-order valence-electron chi connectivity index (χ0n) is 13.0. The minimum Gasteiger partial charge on any atom is -0.496 e. The van der Waals surface area contributed by atoms with Gasteiger partial charge in [0.1, 0.15) is 18.1 Å². The summed E-state index contributed by atoms with van der Waals surface area (Å²) in [5.74, 6) is 1.56. The fraction of sp³-hybridized carbons (Fsp3) is 0.111. The van der Waals surface area contributed by atoms with E-state index in [1.54, 1.807) is 13.4 Å². The minimum atomic E-state index is -0.0748. The first kappa shape index (κ1) is 15.2. The summed E-state index contributed by atoms with van der Waals surface area (Å²) in [6.45, 7) is 0. The van der Waals surface area contributed by atoms with Crippen molar-refractivity contribution in [3.63, 3.8) is 0 Å². The molecule has 5 nitrogen and oxygen atoms in total. The van der Waals surface area contributed by atoms with Crippen LogP contribution in [0.25, 0.3) is 5.70 Å². The zero-order chi connectivity index (χ0) is 16.5. The predicted octanol–water partition coefficient (Wildman–Crippen LogP) is 3.95. The molecular weight excluding hydrogens is 415 g/mol. The molecule has 2 aromatic carbocycles. The summed E-state index contributed by atoms with van der Waals surface area (Å²) in [5.41, 5.74) is 3.18. The van der Waals surface area contributed by atoms with Crippen LogP contribution in [-0.2, 0) is 0 Å². The molecule has 1 aliphatic heterocycles. The summed E-state index contributed by atoms with van der Waals surface area (Å²) in [5, 5.41) is 7.73. The van der Waals surface area contributed by atoms with Crippen molar-refractivity contribution in [3.05, 3.63) is 75.6 Å². The average molecular weight is 430 g/mol. The van der Waals surface area contributed by atoms with E-state index in [4.69, 9.17) is 4.74 Å². The van der Waals surface area contributed by atoms with Gasteiger partial charge in [-0.3, -0.25) is 0 Å². The maximum absolute atomic E-state index is 5.53. The van der Waals surface area contributed by atoms with Gasteiger partial charge >= 0.3 is 0 Å². The molecule has 0 amide bonds. The highest BCUT2D eigenvalue weighted by molar-refractivity contribution is 14.1. The molecular formula is C18H15IN4O. The van der Waals surface area contributed by atoms with Gasteiger partial charge in [0.05, 0.1) is 7.11 Å². The third kappa shape index (κ3) is 2.66. The van der Waals surface area contributed by atoms with Crippen LogP contribution in [0.15, 0.2) is 60.9 Å². The Morgan fingerprint density at radius 1 is 1.12 bits per heavy atom. The molecule has 2 heterocycles. The number of benzene rings is 2. The number of aromatic nitrogens is 3. The van der Waals surface area contributed by atoms with Crippen LogP contribution < -0.4 is 10.1 Å². The van der Waals surface area contributed by atoms with Crippen molar-refractivity contribution in [1.29, 1.82) is 0 Å². The maximum Gasteiger partial charge on any atom is 0.226 e. The first-order valence-corrected chi connectivity index (χ1v) is 8.61. The van der Waals surface area contributed by atoms with E-state index in [2.05, 4.69) is 74.4 Å². The first-order chi connectivity index (χ1) is 11.8. The van der Waals surface area contributed by atoms with Crippen molar-refractivity contribution in [2.24, 2.45) is 0 Å². The Bertz CT molecular complexity index is 901. The van der Waals surface area contributed by atoms with E-state index in [1.165, 1.54) is 3.57 Å². The molecule has 0 saturated heterocycles. The second-order valence-electron chi connectivity index (χ2n) is 5.43. The lowest BCUT2D eigenvalue weighted by Crippen LogP contribution is -2.20. The van der Waals surface area contributed by atoms with Gasteiger partial charge in [-0.2, -0.15) is 10.1 Å². The quantitative estimate of drug-likeness (QED) is 0.640. The summed E-state index contributed by atoms with van der Waals surface area (Å²) >= 11 is 2.31. The van der Waals surface area contributed by atoms with Gasteiger partial charge in [-0.15, -0.1) is 0 Å². The number of allylic oxidation sites excluding steroid dienone is 1. The largest absolute Gasteiger partial charge is 0.496 e. The lowest BCUT2D eigenvalue weighted by atomic mass is 10.0. The lowest BCUT2D eigenvalue weighted by Gasteiger charge is -2.25. The summed E-state index contributed by atoms with van der Waals surface area (Å²) in [6.07, 6.45) is 3.72. The Morgan fingerprint density at radius 2 is 1.92 bits per heavy atom. The Hall–Kier alpha value is -2.35. The highest BCUT2D eigenvalue weighted by Gasteiger charge is 2.25. The standard InChI is InChI=1S/C18H15IN4O/c1-24-17-5-3-2-4-14(17)16-10-15(12-6-8-13(19)9-7-12)22-18-20-11-21-23(16)18/h2-11,16H,1H3,(H,20,21,22)/t16-/m1/s1. The molecule has 0 radical (unpaired) electrons. The third-order valence-corrected chi connectivity index (χ3v) is 4.74. The fourth-order valence-electron chi connectivity index (χ4n) is 2.86. The molecule has 0 saturated carbocycles. The molecule has 1 aliphatic rings. The predicted molar refractivity (Wildman–Crippen MR) is 102 cm³/mol. The molecule has 1 atom stereocenters. The molecule has 24 heavy (non-hydrogen) atoms. The summed E-state index contributed by atoms with van der Waals surface area (Å²) < 4.78 is 8.61. The van der Waals surface area contributed by atoms with Crippen LogP contribution in [0.3, 0.4) is 0 Å².